The molecule has 0 saturated heterocycles. The smallest absolute Gasteiger partial charge is 0.264 e. The Balaban J connectivity index is 2.04. The summed E-state index contributed by atoms with van der Waals surface area (Å²) in [4.78, 5) is 29.2. The Labute approximate surface area is 245 Å². The number of nitrogens with one attached hydrogen (secondary N) is 1. The number of nitrogens with zero attached hydrogens (tertiary/aromatic N) is 2. The monoisotopic (exact) mass is 577 g/mol. The maximum Gasteiger partial charge on any atom is 0.264 e. The average molecular weight is 578 g/mol. The summed E-state index contributed by atoms with van der Waals surface area (Å²) in [5, 5.41) is 3.01. The first-order valence-electron chi connectivity index (χ1n) is 14.3. The van der Waals surface area contributed by atoms with Crippen molar-refractivity contribution in [2.45, 2.75) is 77.8 Å². The quantitative estimate of drug-likeness (QED) is 0.288. The van der Waals surface area contributed by atoms with Crippen LogP contribution in [0, 0.1) is 20.8 Å². The third-order valence-corrected chi connectivity index (χ3v) is 9.15. The van der Waals surface area contributed by atoms with Gasteiger partial charge in [-0.05, 0) is 76.3 Å². The van der Waals surface area contributed by atoms with Crippen molar-refractivity contribution in [3.8, 4) is 0 Å². The largest absolute Gasteiger partial charge is 0.352 e. The molecule has 3 aromatic carbocycles. The fourth-order valence-corrected chi connectivity index (χ4v) is 6.25. The van der Waals surface area contributed by atoms with Crippen molar-refractivity contribution < 1.29 is 18.0 Å². The second-order valence-corrected chi connectivity index (χ2v) is 12.5. The number of aryl methyl sites for hydroxylation is 3. The van der Waals surface area contributed by atoms with Gasteiger partial charge >= 0.3 is 0 Å². The van der Waals surface area contributed by atoms with Crippen LogP contribution in [0.1, 0.15) is 55.9 Å². The van der Waals surface area contributed by atoms with E-state index in [4.69, 9.17) is 0 Å². The predicted molar refractivity (Wildman–Crippen MR) is 165 cm³/mol. The van der Waals surface area contributed by atoms with Gasteiger partial charge in [-0.15, -0.1) is 0 Å². The molecule has 41 heavy (non-hydrogen) atoms. The Kier molecular flexibility index (Phi) is 11.1. The van der Waals surface area contributed by atoms with Crippen LogP contribution in [-0.4, -0.2) is 50.3 Å². The van der Waals surface area contributed by atoms with Crippen LogP contribution in [-0.2, 0) is 26.0 Å². The van der Waals surface area contributed by atoms with Gasteiger partial charge < -0.3 is 10.2 Å². The van der Waals surface area contributed by atoms with Gasteiger partial charge in [0.1, 0.15) is 12.6 Å². The van der Waals surface area contributed by atoms with Crippen molar-refractivity contribution >= 4 is 27.5 Å². The molecule has 3 rings (SSSR count). The zero-order chi connectivity index (χ0) is 30.2. The summed E-state index contributed by atoms with van der Waals surface area (Å²) < 4.78 is 29.3. The maximum absolute atomic E-state index is 14.2. The summed E-state index contributed by atoms with van der Waals surface area (Å²) in [6, 6.07) is 21.1. The number of sulfonamides is 1. The molecule has 0 fully saturated rings. The number of hydrogen-bond acceptors (Lipinski definition) is 4. The maximum atomic E-state index is 14.2. The van der Waals surface area contributed by atoms with Gasteiger partial charge in [-0.25, -0.2) is 8.42 Å². The highest BCUT2D eigenvalue weighted by molar-refractivity contribution is 7.92. The molecule has 0 aliphatic carbocycles. The number of carbonyl (C=O) groups is 2. The van der Waals surface area contributed by atoms with Crippen molar-refractivity contribution in [2.75, 3.05) is 17.4 Å². The minimum atomic E-state index is -4.09. The SMILES string of the molecule is CC[C@H](C(=O)N[C@@H](C)CC)N(CCc1ccccc1)C(=O)CN(c1ccc(C)cc1C)S(=O)(=O)c1ccc(C)cc1. The van der Waals surface area contributed by atoms with Gasteiger partial charge in [0.15, 0.2) is 0 Å². The predicted octanol–water partition coefficient (Wildman–Crippen LogP) is 5.57. The molecule has 8 heteroatoms. The molecule has 0 aliphatic heterocycles. The van der Waals surface area contributed by atoms with E-state index in [1.807, 2.05) is 84.0 Å². The van der Waals surface area contributed by atoms with E-state index in [-0.39, 0.29) is 23.4 Å². The minimum absolute atomic E-state index is 0.0451. The second kappa shape index (κ2) is 14.3. The normalized spacial score (nSPS) is 12.8. The van der Waals surface area contributed by atoms with E-state index in [0.29, 0.717) is 18.5 Å². The lowest BCUT2D eigenvalue weighted by Crippen LogP contribution is -2.54. The first-order valence-corrected chi connectivity index (χ1v) is 15.7. The van der Waals surface area contributed by atoms with E-state index in [0.717, 1.165) is 28.7 Å². The van der Waals surface area contributed by atoms with Crippen LogP contribution in [0.4, 0.5) is 5.69 Å². The Morgan fingerprint density at radius 1 is 0.854 bits per heavy atom. The molecule has 0 saturated carbocycles. The zero-order valence-corrected chi connectivity index (χ0v) is 25.9. The van der Waals surface area contributed by atoms with Crippen LogP contribution in [0.3, 0.4) is 0 Å². The fourth-order valence-electron chi connectivity index (χ4n) is 4.77. The molecule has 0 heterocycles. The first kappa shape index (κ1) is 31.9. The van der Waals surface area contributed by atoms with Crippen LogP contribution in [0.2, 0.25) is 0 Å². The van der Waals surface area contributed by atoms with E-state index in [1.54, 1.807) is 35.2 Å². The zero-order valence-electron chi connectivity index (χ0n) is 25.1. The Morgan fingerprint density at radius 3 is 2.07 bits per heavy atom. The Morgan fingerprint density at radius 2 is 1.49 bits per heavy atom. The second-order valence-electron chi connectivity index (χ2n) is 10.7. The van der Waals surface area contributed by atoms with Crippen LogP contribution >= 0.6 is 0 Å². The summed E-state index contributed by atoms with van der Waals surface area (Å²) in [6.07, 6.45) is 1.69. The fraction of sp³-hybridized carbons (Fsp3) is 0.394. The van der Waals surface area contributed by atoms with Crippen molar-refractivity contribution in [3.05, 3.63) is 95.1 Å². The van der Waals surface area contributed by atoms with Crippen molar-refractivity contribution in [1.29, 1.82) is 0 Å². The molecule has 1 N–H and O–H groups in total. The number of anilines is 1. The molecule has 7 nitrogen and oxygen atoms in total. The number of hydrogen-bond donors (Lipinski definition) is 1. The molecule has 0 radical (unpaired) electrons. The molecule has 0 aromatic heterocycles. The number of benzene rings is 3. The van der Waals surface area contributed by atoms with Gasteiger partial charge in [0.2, 0.25) is 11.8 Å². The number of amides is 2. The van der Waals surface area contributed by atoms with Gasteiger partial charge in [0, 0.05) is 12.6 Å². The molecular formula is C33H43N3O4S. The van der Waals surface area contributed by atoms with Gasteiger partial charge in [-0.2, -0.15) is 0 Å². The molecule has 0 spiro atoms. The topological polar surface area (TPSA) is 86.8 Å². The van der Waals surface area contributed by atoms with E-state index in [9.17, 15) is 18.0 Å². The lowest BCUT2D eigenvalue weighted by atomic mass is 10.1. The van der Waals surface area contributed by atoms with Crippen LogP contribution < -0.4 is 9.62 Å². The highest BCUT2D eigenvalue weighted by atomic mass is 32.2. The molecule has 2 amide bonds. The molecule has 0 aliphatic rings. The van der Waals surface area contributed by atoms with E-state index < -0.39 is 28.5 Å². The summed E-state index contributed by atoms with van der Waals surface area (Å²) in [6.45, 7) is 11.3. The van der Waals surface area contributed by atoms with Crippen molar-refractivity contribution in [1.82, 2.24) is 10.2 Å². The third-order valence-electron chi connectivity index (χ3n) is 7.38. The number of carbonyl (C=O) groups excluding carboxylic acids is 2. The summed E-state index contributed by atoms with van der Waals surface area (Å²) >= 11 is 0. The minimum Gasteiger partial charge on any atom is -0.352 e. The molecular weight excluding hydrogens is 534 g/mol. The highest BCUT2D eigenvalue weighted by Gasteiger charge is 2.34. The highest BCUT2D eigenvalue weighted by Crippen LogP contribution is 2.28. The van der Waals surface area contributed by atoms with Gasteiger partial charge in [0.25, 0.3) is 10.0 Å². The van der Waals surface area contributed by atoms with Crippen molar-refractivity contribution in [3.63, 3.8) is 0 Å². The molecule has 220 valence electrons. The summed E-state index contributed by atoms with van der Waals surface area (Å²) in [5.41, 5.74) is 4.13. The van der Waals surface area contributed by atoms with Crippen molar-refractivity contribution in [2.24, 2.45) is 0 Å². The molecule has 0 unspecified atom stereocenters. The van der Waals surface area contributed by atoms with E-state index >= 15 is 0 Å². The van der Waals surface area contributed by atoms with E-state index in [2.05, 4.69) is 5.32 Å². The number of rotatable bonds is 13. The van der Waals surface area contributed by atoms with Crippen LogP contribution in [0.15, 0.2) is 77.7 Å². The van der Waals surface area contributed by atoms with Crippen LogP contribution in [0.25, 0.3) is 0 Å². The van der Waals surface area contributed by atoms with Gasteiger partial charge in [-0.3, -0.25) is 13.9 Å². The van der Waals surface area contributed by atoms with Crippen LogP contribution in [0.5, 0.6) is 0 Å². The van der Waals surface area contributed by atoms with E-state index in [1.165, 1.54) is 4.31 Å². The molecule has 0 bridgehead atoms. The third kappa shape index (κ3) is 8.19. The van der Waals surface area contributed by atoms with Gasteiger partial charge in [-0.1, -0.05) is 79.6 Å². The molecule has 3 aromatic rings. The first-order chi connectivity index (χ1) is 19.5. The van der Waals surface area contributed by atoms with Gasteiger partial charge in [0.05, 0.1) is 10.6 Å². The lowest BCUT2D eigenvalue weighted by molar-refractivity contribution is -0.139. The summed E-state index contributed by atoms with van der Waals surface area (Å²) in [5.74, 6) is -0.662. The molecule has 2 atom stereocenters. The average Bonchev–Trinajstić information content (AvgIpc) is 2.94. The lowest BCUT2D eigenvalue weighted by Gasteiger charge is -2.34. The Hall–Kier alpha value is -3.65. The standard InChI is InChI=1S/C33H43N3O4S/c1-7-27(6)34-33(38)30(8-2)35(21-20-28-12-10-9-11-13-28)32(37)23-36(31-19-16-25(4)22-26(31)5)41(39,40)29-17-14-24(3)15-18-29/h9-19,22,27,30H,7-8,20-21,23H2,1-6H3,(H,34,38)/t27-,30+/m0/s1. The summed E-state index contributed by atoms with van der Waals surface area (Å²) in [7, 11) is -4.09. The Bertz CT molecular complexity index is 1420.